The molecule has 0 aliphatic carbocycles. The summed E-state index contributed by atoms with van der Waals surface area (Å²) in [7, 11) is 0. The van der Waals surface area contributed by atoms with Crippen LogP contribution in [0.25, 0.3) is 0 Å². The minimum Gasteiger partial charge on any atom is -0.337 e. The zero-order chi connectivity index (χ0) is 14.8. The molecule has 0 bridgehead atoms. The van der Waals surface area contributed by atoms with Crippen LogP contribution in [0.5, 0.6) is 0 Å². The SMILES string of the molecule is O=C(c1csc([N+](=O)[O-])c1)N1CCC(N2CCNCC2)C1. The van der Waals surface area contributed by atoms with Crippen LogP contribution in [0.3, 0.4) is 0 Å². The molecule has 3 heterocycles. The van der Waals surface area contributed by atoms with Crippen molar-refractivity contribution < 1.29 is 9.72 Å². The topological polar surface area (TPSA) is 78.7 Å². The monoisotopic (exact) mass is 310 g/mol. The van der Waals surface area contributed by atoms with Crippen molar-refractivity contribution in [2.24, 2.45) is 0 Å². The van der Waals surface area contributed by atoms with Crippen LogP contribution in [0.1, 0.15) is 16.8 Å². The molecule has 0 spiro atoms. The molecular formula is C13H18N4O3S. The van der Waals surface area contributed by atoms with E-state index in [1.807, 2.05) is 4.90 Å². The first kappa shape index (κ1) is 14.4. The lowest BCUT2D eigenvalue weighted by Crippen LogP contribution is -2.49. The standard InChI is InChI=1S/C13H18N4O3S/c18-13(10-7-12(17(19)20)21-9-10)16-4-1-11(8-16)15-5-2-14-3-6-15/h7,9,11,14H,1-6,8H2. The molecule has 0 aromatic carbocycles. The van der Waals surface area contributed by atoms with E-state index < -0.39 is 4.92 Å². The summed E-state index contributed by atoms with van der Waals surface area (Å²) in [6.07, 6.45) is 0.984. The highest BCUT2D eigenvalue weighted by Gasteiger charge is 2.32. The second-order valence-corrected chi connectivity index (χ2v) is 6.30. The molecule has 0 saturated carbocycles. The lowest BCUT2D eigenvalue weighted by atomic mass is 10.2. The smallest absolute Gasteiger partial charge is 0.324 e. The van der Waals surface area contributed by atoms with E-state index in [0.29, 0.717) is 11.6 Å². The largest absolute Gasteiger partial charge is 0.337 e. The van der Waals surface area contributed by atoms with Gasteiger partial charge >= 0.3 is 5.00 Å². The lowest BCUT2D eigenvalue weighted by molar-refractivity contribution is -0.380. The van der Waals surface area contributed by atoms with Gasteiger partial charge in [-0.05, 0) is 6.42 Å². The Balaban J connectivity index is 1.62. The predicted octanol–water partition coefficient (Wildman–Crippen LogP) is 0.776. The van der Waals surface area contributed by atoms with Gasteiger partial charge in [0.15, 0.2) is 0 Å². The van der Waals surface area contributed by atoms with Gasteiger partial charge in [0.05, 0.1) is 10.5 Å². The first-order valence-electron chi connectivity index (χ1n) is 7.12. The Morgan fingerprint density at radius 3 is 2.81 bits per heavy atom. The molecule has 1 N–H and O–H groups in total. The van der Waals surface area contributed by atoms with Gasteiger partial charge in [0, 0.05) is 56.8 Å². The van der Waals surface area contributed by atoms with Crippen molar-refractivity contribution >= 4 is 22.2 Å². The van der Waals surface area contributed by atoms with E-state index in [1.54, 1.807) is 5.38 Å². The van der Waals surface area contributed by atoms with Crippen LogP contribution in [0.4, 0.5) is 5.00 Å². The minimum atomic E-state index is -0.449. The number of carbonyl (C=O) groups is 1. The number of thiophene rings is 1. The number of piperazine rings is 1. The van der Waals surface area contributed by atoms with Gasteiger partial charge in [-0.15, -0.1) is 0 Å². The molecule has 0 radical (unpaired) electrons. The number of rotatable bonds is 3. The summed E-state index contributed by atoms with van der Waals surface area (Å²) >= 11 is 1.01. The van der Waals surface area contributed by atoms with Gasteiger partial charge < -0.3 is 10.2 Å². The van der Waals surface area contributed by atoms with Crippen LogP contribution in [-0.2, 0) is 0 Å². The van der Waals surface area contributed by atoms with Crippen molar-refractivity contribution in [3.63, 3.8) is 0 Å². The molecular weight excluding hydrogens is 292 g/mol. The summed E-state index contributed by atoms with van der Waals surface area (Å²) < 4.78 is 0. The molecule has 1 aromatic heterocycles. The van der Waals surface area contributed by atoms with E-state index in [1.165, 1.54) is 6.07 Å². The van der Waals surface area contributed by atoms with Gasteiger partial charge in [0.25, 0.3) is 5.91 Å². The Labute approximate surface area is 126 Å². The van der Waals surface area contributed by atoms with E-state index in [9.17, 15) is 14.9 Å². The number of likely N-dealkylation sites (tertiary alicyclic amines) is 1. The Bertz CT molecular complexity index is 541. The summed E-state index contributed by atoms with van der Waals surface area (Å²) in [6.45, 7) is 5.51. The lowest BCUT2D eigenvalue weighted by Gasteiger charge is -2.32. The zero-order valence-electron chi connectivity index (χ0n) is 11.7. The predicted molar refractivity (Wildman–Crippen MR) is 79.7 cm³/mol. The van der Waals surface area contributed by atoms with Gasteiger partial charge in [-0.3, -0.25) is 19.8 Å². The van der Waals surface area contributed by atoms with E-state index in [4.69, 9.17) is 0 Å². The summed E-state index contributed by atoms with van der Waals surface area (Å²) in [5, 5.41) is 15.6. The van der Waals surface area contributed by atoms with Crippen molar-refractivity contribution in [3.8, 4) is 0 Å². The summed E-state index contributed by atoms with van der Waals surface area (Å²) in [4.78, 5) is 26.9. The fourth-order valence-corrected chi connectivity index (χ4v) is 3.68. The van der Waals surface area contributed by atoms with Crippen molar-refractivity contribution in [1.82, 2.24) is 15.1 Å². The van der Waals surface area contributed by atoms with Crippen LogP contribution in [0, 0.1) is 10.1 Å². The zero-order valence-corrected chi connectivity index (χ0v) is 12.5. The van der Waals surface area contributed by atoms with Crippen molar-refractivity contribution in [2.45, 2.75) is 12.5 Å². The maximum Gasteiger partial charge on any atom is 0.324 e. The number of nitrogens with zero attached hydrogens (tertiary/aromatic N) is 3. The number of hydrogen-bond donors (Lipinski definition) is 1. The van der Waals surface area contributed by atoms with Gasteiger partial charge in [0.1, 0.15) is 0 Å². The third-order valence-electron chi connectivity index (χ3n) is 4.13. The maximum atomic E-state index is 12.4. The third-order valence-corrected chi connectivity index (χ3v) is 5.01. The Morgan fingerprint density at radius 2 is 2.14 bits per heavy atom. The molecule has 1 aromatic rings. The molecule has 21 heavy (non-hydrogen) atoms. The summed E-state index contributed by atoms with van der Waals surface area (Å²) in [5.74, 6) is -0.0861. The van der Waals surface area contributed by atoms with Crippen LogP contribution < -0.4 is 5.32 Å². The van der Waals surface area contributed by atoms with Crippen LogP contribution >= 0.6 is 11.3 Å². The summed E-state index contributed by atoms with van der Waals surface area (Å²) in [5.41, 5.74) is 0.438. The number of hydrogen-bond acceptors (Lipinski definition) is 6. The van der Waals surface area contributed by atoms with E-state index in [0.717, 1.165) is 57.0 Å². The molecule has 2 fully saturated rings. The van der Waals surface area contributed by atoms with Crippen molar-refractivity contribution in [3.05, 3.63) is 27.1 Å². The second kappa shape index (κ2) is 6.08. The van der Waals surface area contributed by atoms with Gasteiger partial charge in [-0.1, -0.05) is 11.3 Å². The van der Waals surface area contributed by atoms with Crippen molar-refractivity contribution in [2.75, 3.05) is 39.3 Å². The molecule has 2 aliphatic rings. The van der Waals surface area contributed by atoms with E-state index in [-0.39, 0.29) is 10.9 Å². The van der Waals surface area contributed by atoms with Crippen LogP contribution in [-0.4, -0.2) is 65.9 Å². The molecule has 2 saturated heterocycles. The Kier molecular flexibility index (Phi) is 4.18. The Morgan fingerprint density at radius 1 is 1.38 bits per heavy atom. The first-order chi connectivity index (χ1) is 10.1. The molecule has 8 heteroatoms. The van der Waals surface area contributed by atoms with E-state index >= 15 is 0 Å². The average molecular weight is 310 g/mol. The maximum absolute atomic E-state index is 12.4. The molecule has 3 rings (SSSR count). The molecule has 1 unspecified atom stereocenters. The average Bonchev–Trinajstić information content (AvgIpc) is 3.17. The fourth-order valence-electron chi connectivity index (χ4n) is 2.99. The number of nitrogens with one attached hydrogen (secondary N) is 1. The Hall–Kier alpha value is -1.51. The number of amides is 1. The summed E-state index contributed by atoms with van der Waals surface area (Å²) in [6, 6.07) is 1.80. The molecule has 2 aliphatic heterocycles. The third kappa shape index (κ3) is 3.07. The highest BCUT2D eigenvalue weighted by Crippen LogP contribution is 2.25. The van der Waals surface area contributed by atoms with Gasteiger partial charge in [-0.25, -0.2) is 0 Å². The van der Waals surface area contributed by atoms with Crippen LogP contribution in [0.2, 0.25) is 0 Å². The molecule has 1 atom stereocenters. The highest BCUT2D eigenvalue weighted by atomic mass is 32.1. The molecule has 1 amide bonds. The number of nitro groups is 1. The highest BCUT2D eigenvalue weighted by molar-refractivity contribution is 7.13. The normalized spacial score (nSPS) is 23.4. The van der Waals surface area contributed by atoms with Crippen LogP contribution in [0.15, 0.2) is 11.4 Å². The van der Waals surface area contributed by atoms with Gasteiger partial charge in [-0.2, -0.15) is 0 Å². The first-order valence-corrected chi connectivity index (χ1v) is 8.00. The second-order valence-electron chi connectivity index (χ2n) is 5.41. The van der Waals surface area contributed by atoms with Gasteiger partial charge in [0.2, 0.25) is 0 Å². The van der Waals surface area contributed by atoms with Crippen molar-refractivity contribution in [1.29, 1.82) is 0 Å². The molecule has 114 valence electrons. The minimum absolute atomic E-state index is 0.0243. The van der Waals surface area contributed by atoms with E-state index in [2.05, 4.69) is 10.2 Å². The fraction of sp³-hybridized carbons (Fsp3) is 0.615. The molecule has 7 nitrogen and oxygen atoms in total. The quantitative estimate of drug-likeness (QED) is 0.659. The number of carbonyl (C=O) groups excluding carboxylic acids is 1.